The van der Waals surface area contributed by atoms with E-state index in [1.54, 1.807) is 6.07 Å². The van der Waals surface area contributed by atoms with Crippen LogP contribution in [0.25, 0.3) is 11.4 Å². The summed E-state index contributed by atoms with van der Waals surface area (Å²) in [5.41, 5.74) is 8.31. The van der Waals surface area contributed by atoms with Crippen molar-refractivity contribution < 1.29 is 24.1 Å². The molecule has 1 N–H and O–H groups in total. The molecule has 9 heteroatoms. The molecule has 46 heavy (non-hydrogen) atoms. The number of carboxylic acids is 1. The van der Waals surface area contributed by atoms with Crippen molar-refractivity contribution in [1.82, 2.24) is 19.7 Å². The maximum atomic E-state index is 11.7. The van der Waals surface area contributed by atoms with Gasteiger partial charge < -0.3 is 19.3 Å². The zero-order valence-electron chi connectivity index (χ0n) is 27.8. The lowest BCUT2D eigenvalue weighted by molar-refractivity contribution is -0.0773. The monoisotopic (exact) mass is 626 g/mol. The molecule has 1 atom stereocenters. The third-order valence-corrected chi connectivity index (χ3v) is 9.53. The van der Waals surface area contributed by atoms with Crippen LogP contribution in [0, 0.1) is 12.8 Å². The molecule has 3 aliphatic rings. The molecule has 4 heterocycles. The Hall–Kier alpha value is -3.95. The summed E-state index contributed by atoms with van der Waals surface area (Å²) in [5.74, 6) is 1.10. The number of benzene rings is 1. The number of hydrogen-bond donors (Lipinski definition) is 1. The van der Waals surface area contributed by atoms with Crippen LogP contribution in [-0.4, -0.2) is 62.6 Å². The summed E-state index contributed by atoms with van der Waals surface area (Å²) in [4.78, 5) is 19.3. The highest BCUT2D eigenvalue weighted by atomic mass is 16.5. The van der Waals surface area contributed by atoms with Gasteiger partial charge in [0.05, 0.1) is 24.1 Å². The summed E-state index contributed by atoms with van der Waals surface area (Å²) >= 11 is 0. The van der Waals surface area contributed by atoms with Crippen molar-refractivity contribution in [3.05, 3.63) is 87.4 Å². The van der Waals surface area contributed by atoms with Crippen LogP contribution >= 0.6 is 0 Å². The molecule has 1 aromatic carbocycles. The zero-order valence-corrected chi connectivity index (χ0v) is 27.8. The molecule has 1 saturated heterocycles. The van der Waals surface area contributed by atoms with Gasteiger partial charge in [0.25, 0.3) is 0 Å². The molecule has 2 aliphatic heterocycles. The molecule has 1 aliphatic carbocycles. The van der Waals surface area contributed by atoms with Gasteiger partial charge in [0.2, 0.25) is 5.88 Å². The van der Waals surface area contributed by atoms with Crippen LogP contribution in [0.4, 0.5) is 0 Å². The molecule has 2 aromatic heterocycles. The Bertz CT molecular complexity index is 1670. The highest BCUT2D eigenvalue weighted by Gasteiger charge is 2.31. The first kappa shape index (κ1) is 32.0. The second-order valence-electron chi connectivity index (χ2n) is 13.4. The van der Waals surface area contributed by atoms with Crippen LogP contribution in [0.5, 0.6) is 5.88 Å². The van der Waals surface area contributed by atoms with Crippen LogP contribution in [0.3, 0.4) is 0 Å². The largest absolute Gasteiger partial charge is 0.488 e. The van der Waals surface area contributed by atoms with Crippen LogP contribution in [0.15, 0.2) is 53.9 Å². The van der Waals surface area contributed by atoms with E-state index in [1.807, 2.05) is 19.1 Å². The Morgan fingerprint density at radius 2 is 2.00 bits per heavy atom. The minimum atomic E-state index is -1.09. The van der Waals surface area contributed by atoms with E-state index in [0.717, 1.165) is 75.4 Å². The number of hydrogen-bond acceptors (Lipinski definition) is 7. The van der Waals surface area contributed by atoms with Gasteiger partial charge in [-0.25, -0.2) is 9.78 Å². The summed E-state index contributed by atoms with van der Waals surface area (Å²) < 4.78 is 19.7. The highest BCUT2D eigenvalue weighted by Crippen LogP contribution is 2.35. The first-order valence-corrected chi connectivity index (χ1v) is 16.5. The van der Waals surface area contributed by atoms with Crippen molar-refractivity contribution in [2.45, 2.75) is 85.5 Å². The number of carbonyl (C=O) groups is 1. The lowest BCUT2D eigenvalue weighted by Crippen LogP contribution is -2.41. The van der Waals surface area contributed by atoms with Crippen molar-refractivity contribution in [1.29, 1.82) is 0 Å². The van der Waals surface area contributed by atoms with Crippen LogP contribution < -0.4 is 4.74 Å². The van der Waals surface area contributed by atoms with Crippen molar-refractivity contribution in [2.24, 2.45) is 5.92 Å². The number of carboxylic acid groups (broad SMARTS) is 1. The average molecular weight is 627 g/mol. The summed E-state index contributed by atoms with van der Waals surface area (Å²) in [6.07, 6.45) is 8.64. The van der Waals surface area contributed by atoms with Crippen molar-refractivity contribution in [3.63, 3.8) is 0 Å². The fourth-order valence-corrected chi connectivity index (χ4v) is 7.19. The minimum absolute atomic E-state index is 0.00203. The van der Waals surface area contributed by atoms with Gasteiger partial charge in [-0.1, -0.05) is 24.3 Å². The Morgan fingerprint density at radius 1 is 1.15 bits per heavy atom. The first-order valence-electron chi connectivity index (χ1n) is 16.5. The van der Waals surface area contributed by atoms with E-state index in [2.05, 4.69) is 55.9 Å². The Labute approximate surface area is 271 Å². The number of nitrogens with zero attached hydrogens (tertiary/aromatic N) is 4. The van der Waals surface area contributed by atoms with E-state index >= 15 is 0 Å². The number of ether oxygens (including phenoxy) is 3. The number of fused-ring (bicyclic) bond motifs is 1. The fourth-order valence-electron chi connectivity index (χ4n) is 7.19. The van der Waals surface area contributed by atoms with E-state index in [0.29, 0.717) is 24.9 Å². The topological polar surface area (TPSA) is 98.9 Å². The van der Waals surface area contributed by atoms with Crippen LogP contribution in [0.1, 0.15) is 91.7 Å². The highest BCUT2D eigenvalue weighted by molar-refractivity contribution is 5.90. The van der Waals surface area contributed by atoms with Crippen LogP contribution in [0.2, 0.25) is 0 Å². The molecule has 6 rings (SSSR count). The number of allylic oxidation sites excluding steroid dienone is 3. The number of rotatable bonds is 10. The van der Waals surface area contributed by atoms with Gasteiger partial charge in [-0.3, -0.25) is 4.90 Å². The van der Waals surface area contributed by atoms with E-state index in [9.17, 15) is 9.90 Å². The molecule has 0 amide bonds. The Kier molecular flexibility index (Phi) is 9.34. The molecule has 0 radical (unpaired) electrons. The lowest BCUT2D eigenvalue weighted by atomic mass is 9.86. The van der Waals surface area contributed by atoms with E-state index in [1.165, 1.54) is 38.7 Å². The van der Waals surface area contributed by atoms with Gasteiger partial charge in [-0.2, -0.15) is 9.78 Å². The van der Waals surface area contributed by atoms with E-state index in [4.69, 9.17) is 19.2 Å². The first-order chi connectivity index (χ1) is 22.1. The molecule has 1 unspecified atom stereocenters. The number of aromatic carboxylic acids is 1. The molecule has 244 valence electrons. The second kappa shape index (κ2) is 13.4. The molecule has 9 nitrogen and oxygen atoms in total. The number of pyridine rings is 1. The predicted molar refractivity (Wildman–Crippen MR) is 177 cm³/mol. The van der Waals surface area contributed by atoms with Gasteiger partial charge in [0.15, 0.2) is 5.82 Å². The molecular weight excluding hydrogens is 580 g/mol. The normalized spacial score (nSPS) is 19.8. The maximum Gasteiger partial charge on any atom is 0.342 e. The lowest BCUT2D eigenvalue weighted by Gasteiger charge is -2.39. The van der Waals surface area contributed by atoms with E-state index in [-0.39, 0.29) is 17.0 Å². The molecule has 0 bridgehead atoms. The van der Waals surface area contributed by atoms with E-state index < -0.39 is 5.97 Å². The number of aromatic nitrogens is 3. The predicted octanol–water partition coefficient (Wildman–Crippen LogP) is 6.90. The maximum absolute atomic E-state index is 11.7. The second-order valence-corrected chi connectivity index (χ2v) is 13.4. The summed E-state index contributed by atoms with van der Waals surface area (Å²) in [5, 5.41) is 13.9. The average Bonchev–Trinajstić information content (AvgIpc) is 3.45. The smallest absolute Gasteiger partial charge is 0.342 e. The minimum Gasteiger partial charge on any atom is -0.488 e. The standard InChI is InChI=1S/C37H46N4O5/c1-6-44-35-31(36(42)43)20-38-41(35)33-12-8-11-32(39-33)30-10-7-9-24(2)34(30)45-23-28-14-13-27-22-40(17-15-29(27)25(28)3)21-26-16-18-46-37(4,5)19-26/h8,10-14,20,26H,6-7,9,15-19,21-23H2,1-5H3,(H,42,43). The van der Waals surface area contributed by atoms with Gasteiger partial charge >= 0.3 is 5.97 Å². The summed E-state index contributed by atoms with van der Waals surface area (Å²) in [6, 6.07) is 10.2. The SMILES string of the molecule is CCOc1c(C(=O)O)cnn1-c1cccc(C2=CCCC(C)=C2OCc2ccc3c(c2C)CCN(CC2CCOC(C)(C)C2)C3)n1. The quantitative estimate of drug-likeness (QED) is 0.259. The van der Waals surface area contributed by atoms with Gasteiger partial charge in [-0.05, 0) is 113 Å². The molecule has 1 fully saturated rings. The van der Waals surface area contributed by atoms with Crippen molar-refractivity contribution in [3.8, 4) is 11.7 Å². The third kappa shape index (κ3) is 6.76. The van der Waals surface area contributed by atoms with Gasteiger partial charge in [0, 0.05) is 31.8 Å². The Morgan fingerprint density at radius 3 is 2.78 bits per heavy atom. The molecular formula is C37H46N4O5. The van der Waals surface area contributed by atoms with Crippen molar-refractivity contribution >= 4 is 11.5 Å². The van der Waals surface area contributed by atoms with Crippen molar-refractivity contribution in [2.75, 3.05) is 26.3 Å². The van der Waals surface area contributed by atoms with Gasteiger partial charge in [-0.15, -0.1) is 0 Å². The van der Waals surface area contributed by atoms with Gasteiger partial charge in [0.1, 0.15) is 17.9 Å². The molecule has 3 aromatic rings. The third-order valence-electron chi connectivity index (χ3n) is 9.53. The summed E-state index contributed by atoms with van der Waals surface area (Å²) in [6.45, 7) is 15.5. The summed E-state index contributed by atoms with van der Waals surface area (Å²) in [7, 11) is 0. The fraction of sp³-hybridized carbons (Fsp3) is 0.486. The molecule has 0 spiro atoms. The molecule has 0 saturated carbocycles. The van der Waals surface area contributed by atoms with Crippen LogP contribution in [-0.2, 0) is 29.0 Å². The zero-order chi connectivity index (χ0) is 32.4. The Balaban J connectivity index is 1.17.